The summed E-state index contributed by atoms with van der Waals surface area (Å²) in [6, 6.07) is 0.792. The topological polar surface area (TPSA) is 30.5 Å². The Balaban J connectivity index is 1.44. The van der Waals surface area contributed by atoms with Gasteiger partial charge in [-0.05, 0) is 44.4 Å². The normalized spacial score (nSPS) is 28.2. The molecule has 0 amide bonds. The number of nitrogens with one attached hydrogen (secondary N) is 1. The van der Waals surface area contributed by atoms with Crippen LogP contribution in [-0.4, -0.2) is 38.0 Å². The third-order valence-corrected chi connectivity index (χ3v) is 3.78. The van der Waals surface area contributed by atoms with Crippen molar-refractivity contribution in [2.24, 2.45) is 5.92 Å². The molecule has 18 heavy (non-hydrogen) atoms. The van der Waals surface area contributed by atoms with Crippen LogP contribution in [0.1, 0.15) is 52.4 Å². The van der Waals surface area contributed by atoms with E-state index in [4.69, 9.17) is 9.47 Å². The first-order valence-corrected chi connectivity index (χ1v) is 7.70. The molecule has 3 heteroatoms. The van der Waals surface area contributed by atoms with E-state index < -0.39 is 0 Å². The molecule has 2 aliphatic rings. The molecule has 1 heterocycles. The van der Waals surface area contributed by atoms with E-state index >= 15 is 0 Å². The van der Waals surface area contributed by atoms with Gasteiger partial charge in [-0.25, -0.2) is 0 Å². The van der Waals surface area contributed by atoms with Crippen molar-refractivity contribution in [2.45, 2.75) is 70.6 Å². The number of hydrogen-bond donors (Lipinski definition) is 1. The summed E-state index contributed by atoms with van der Waals surface area (Å²) in [7, 11) is 0. The molecule has 0 radical (unpaired) electrons. The Hall–Kier alpha value is -0.120. The minimum atomic E-state index is 0.343. The summed E-state index contributed by atoms with van der Waals surface area (Å²) in [5.74, 6) is 0.786. The van der Waals surface area contributed by atoms with E-state index in [-0.39, 0.29) is 0 Å². The van der Waals surface area contributed by atoms with Gasteiger partial charge in [0.05, 0.1) is 18.8 Å². The molecule has 3 nitrogen and oxygen atoms in total. The molecule has 2 unspecified atom stereocenters. The van der Waals surface area contributed by atoms with Gasteiger partial charge in [0.15, 0.2) is 0 Å². The highest BCUT2D eigenvalue weighted by atomic mass is 16.5. The van der Waals surface area contributed by atoms with E-state index in [0.29, 0.717) is 12.2 Å². The number of rotatable bonds is 9. The van der Waals surface area contributed by atoms with Crippen molar-refractivity contribution in [1.29, 1.82) is 0 Å². The van der Waals surface area contributed by atoms with Crippen LogP contribution in [-0.2, 0) is 9.47 Å². The van der Waals surface area contributed by atoms with Gasteiger partial charge in [0.25, 0.3) is 0 Å². The fourth-order valence-corrected chi connectivity index (χ4v) is 2.45. The Labute approximate surface area is 112 Å². The largest absolute Gasteiger partial charge is 0.379 e. The Morgan fingerprint density at radius 2 is 1.94 bits per heavy atom. The van der Waals surface area contributed by atoms with Crippen molar-refractivity contribution < 1.29 is 9.47 Å². The molecule has 2 atom stereocenters. The summed E-state index contributed by atoms with van der Waals surface area (Å²) in [5, 5.41) is 3.54. The Bertz CT molecular complexity index is 229. The van der Waals surface area contributed by atoms with Gasteiger partial charge in [0, 0.05) is 19.2 Å². The molecule has 106 valence electrons. The molecule has 2 fully saturated rings. The molecule has 2 rings (SSSR count). The van der Waals surface area contributed by atoms with Crippen LogP contribution in [0.3, 0.4) is 0 Å². The van der Waals surface area contributed by atoms with E-state index in [2.05, 4.69) is 19.2 Å². The molecule has 1 aliphatic carbocycles. The molecule has 0 spiro atoms. The summed E-state index contributed by atoms with van der Waals surface area (Å²) in [5.41, 5.74) is 0. The van der Waals surface area contributed by atoms with Crippen LogP contribution in [0.4, 0.5) is 0 Å². The second kappa shape index (κ2) is 7.46. The average molecular weight is 255 g/mol. The maximum absolute atomic E-state index is 5.98. The minimum Gasteiger partial charge on any atom is -0.379 e. The average Bonchev–Trinajstić information content (AvgIpc) is 3.06. The third kappa shape index (κ3) is 5.68. The second-order valence-electron chi connectivity index (χ2n) is 6.25. The summed E-state index contributed by atoms with van der Waals surface area (Å²) in [4.78, 5) is 0. The van der Waals surface area contributed by atoms with Crippen LogP contribution in [0, 0.1) is 5.92 Å². The predicted molar refractivity (Wildman–Crippen MR) is 73.8 cm³/mol. The van der Waals surface area contributed by atoms with Gasteiger partial charge in [-0.15, -0.1) is 0 Å². The van der Waals surface area contributed by atoms with Crippen molar-refractivity contribution in [3.05, 3.63) is 0 Å². The fourth-order valence-electron chi connectivity index (χ4n) is 2.45. The van der Waals surface area contributed by atoms with Gasteiger partial charge in [-0.1, -0.05) is 13.8 Å². The van der Waals surface area contributed by atoms with Crippen LogP contribution in [0.5, 0.6) is 0 Å². The zero-order valence-electron chi connectivity index (χ0n) is 12.0. The predicted octanol–water partition coefficient (Wildman–Crippen LogP) is 2.74. The van der Waals surface area contributed by atoms with Crippen molar-refractivity contribution >= 4 is 0 Å². The van der Waals surface area contributed by atoms with Crippen molar-refractivity contribution in [3.63, 3.8) is 0 Å². The van der Waals surface area contributed by atoms with Gasteiger partial charge in [0.1, 0.15) is 0 Å². The zero-order chi connectivity index (χ0) is 12.8. The molecule has 1 saturated carbocycles. The first kappa shape index (κ1) is 14.3. The number of ether oxygens (including phenoxy) is 2. The van der Waals surface area contributed by atoms with E-state index in [1.807, 2.05) is 0 Å². The first-order valence-electron chi connectivity index (χ1n) is 7.70. The van der Waals surface area contributed by atoms with Gasteiger partial charge in [-0.2, -0.15) is 0 Å². The van der Waals surface area contributed by atoms with Crippen LogP contribution in [0.25, 0.3) is 0 Å². The highest BCUT2D eigenvalue weighted by Gasteiger charge is 2.27. The lowest BCUT2D eigenvalue weighted by atomic mass is 10.1. The second-order valence-corrected chi connectivity index (χ2v) is 6.25. The standard InChI is InChI=1S/C15H29NO2/c1-12(2)4-3-9-17-11-15-8-7-14(18-15)10-16-13-5-6-13/h12-16H,3-11H2,1-2H3. The van der Waals surface area contributed by atoms with E-state index in [1.54, 1.807) is 0 Å². The highest BCUT2D eigenvalue weighted by Crippen LogP contribution is 2.22. The molecular weight excluding hydrogens is 226 g/mol. The van der Waals surface area contributed by atoms with Crippen LogP contribution >= 0.6 is 0 Å². The monoisotopic (exact) mass is 255 g/mol. The van der Waals surface area contributed by atoms with Crippen molar-refractivity contribution in [1.82, 2.24) is 5.32 Å². The highest BCUT2D eigenvalue weighted by molar-refractivity contribution is 4.84. The molecule has 0 aromatic rings. The zero-order valence-corrected chi connectivity index (χ0v) is 12.0. The van der Waals surface area contributed by atoms with E-state index in [1.165, 1.54) is 38.5 Å². The van der Waals surface area contributed by atoms with Crippen molar-refractivity contribution in [2.75, 3.05) is 19.8 Å². The van der Waals surface area contributed by atoms with Crippen LogP contribution < -0.4 is 5.32 Å². The molecule has 0 aromatic carbocycles. The lowest BCUT2D eigenvalue weighted by molar-refractivity contribution is -0.0153. The van der Waals surface area contributed by atoms with Gasteiger partial charge >= 0.3 is 0 Å². The summed E-state index contributed by atoms with van der Waals surface area (Å²) < 4.78 is 11.7. The lowest BCUT2D eigenvalue weighted by Crippen LogP contribution is -2.29. The number of hydrogen-bond acceptors (Lipinski definition) is 3. The summed E-state index contributed by atoms with van der Waals surface area (Å²) in [6.45, 7) is 7.24. The maximum Gasteiger partial charge on any atom is 0.0813 e. The van der Waals surface area contributed by atoms with Gasteiger partial charge < -0.3 is 14.8 Å². The molecule has 1 aliphatic heterocycles. The summed E-state index contributed by atoms with van der Waals surface area (Å²) >= 11 is 0. The molecule has 1 saturated heterocycles. The molecular formula is C15H29NO2. The van der Waals surface area contributed by atoms with Gasteiger partial charge in [0.2, 0.25) is 0 Å². The smallest absolute Gasteiger partial charge is 0.0813 e. The lowest BCUT2D eigenvalue weighted by Gasteiger charge is -2.14. The van der Waals surface area contributed by atoms with E-state index in [9.17, 15) is 0 Å². The first-order chi connectivity index (χ1) is 8.74. The van der Waals surface area contributed by atoms with Crippen LogP contribution in [0.2, 0.25) is 0 Å². The quantitative estimate of drug-likeness (QED) is 0.643. The Morgan fingerprint density at radius 1 is 1.17 bits per heavy atom. The SMILES string of the molecule is CC(C)CCCOCC1CCC(CNC2CC2)O1. The van der Waals surface area contributed by atoms with Gasteiger partial charge in [-0.3, -0.25) is 0 Å². The summed E-state index contributed by atoms with van der Waals surface area (Å²) in [6.07, 6.45) is 8.28. The maximum atomic E-state index is 5.98. The minimum absolute atomic E-state index is 0.343. The Kier molecular flexibility index (Phi) is 5.93. The Morgan fingerprint density at radius 3 is 2.67 bits per heavy atom. The van der Waals surface area contributed by atoms with Crippen molar-refractivity contribution in [3.8, 4) is 0 Å². The molecule has 0 aromatic heterocycles. The van der Waals surface area contributed by atoms with E-state index in [0.717, 1.165) is 31.7 Å². The fraction of sp³-hybridized carbons (Fsp3) is 1.00. The molecule has 1 N–H and O–H groups in total. The van der Waals surface area contributed by atoms with Crippen LogP contribution in [0.15, 0.2) is 0 Å². The molecule has 0 bridgehead atoms. The third-order valence-electron chi connectivity index (χ3n) is 3.78.